The maximum absolute atomic E-state index is 4.77. The summed E-state index contributed by atoms with van der Waals surface area (Å²) in [6.07, 6.45) is 3.15. The van der Waals surface area contributed by atoms with Gasteiger partial charge in [0, 0.05) is 19.2 Å². The van der Waals surface area contributed by atoms with Crippen LogP contribution in [0.15, 0.2) is 54.7 Å². The molecule has 5 rings (SSSR count). The molecule has 3 aromatic heterocycles. The SMILES string of the molecule is CC1CC1c1nnc2ccc(N(C)Cc3ccn(-c4ccccc4)n3)nn12. The molecule has 1 fully saturated rings. The lowest BCUT2D eigenvalue weighted by molar-refractivity contribution is 0.753. The van der Waals surface area contributed by atoms with Gasteiger partial charge < -0.3 is 4.90 Å². The van der Waals surface area contributed by atoms with Gasteiger partial charge >= 0.3 is 0 Å². The van der Waals surface area contributed by atoms with Gasteiger partial charge in [-0.3, -0.25) is 0 Å². The predicted octanol–water partition coefficient (Wildman–Crippen LogP) is 3.07. The smallest absolute Gasteiger partial charge is 0.178 e. The molecule has 0 bridgehead atoms. The molecule has 27 heavy (non-hydrogen) atoms. The first kappa shape index (κ1) is 16.0. The Hall–Kier alpha value is -3.22. The number of benzene rings is 1. The van der Waals surface area contributed by atoms with Gasteiger partial charge in [0.05, 0.1) is 17.9 Å². The third-order valence-corrected chi connectivity index (χ3v) is 5.17. The Labute approximate surface area is 157 Å². The van der Waals surface area contributed by atoms with Gasteiger partial charge in [-0.15, -0.1) is 15.3 Å². The number of fused-ring (bicyclic) bond motifs is 1. The van der Waals surface area contributed by atoms with E-state index in [4.69, 9.17) is 5.10 Å². The Morgan fingerprint density at radius 1 is 1.04 bits per heavy atom. The summed E-state index contributed by atoms with van der Waals surface area (Å²) in [4.78, 5) is 2.09. The van der Waals surface area contributed by atoms with Crippen LogP contribution in [0.25, 0.3) is 11.3 Å². The first-order chi connectivity index (χ1) is 13.2. The zero-order valence-corrected chi connectivity index (χ0v) is 15.4. The number of anilines is 1. The van der Waals surface area contributed by atoms with Gasteiger partial charge in [0.15, 0.2) is 11.5 Å². The zero-order valence-electron chi connectivity index (χ0n) is 15.4. The van der Waals surface area contributed by atoms with Crippen LogP contribution in [0.4, 0.5) is 5.82 Å². The van der Waals surface area contributed by atoms with E-state index in [2.05, 4.69) is 27.1 Å². The molecule has 0 aliphatic heterocycles. The molecule has 0 radical (unpaired) electrons. The van der Waals surface area contributed by atoms with Crippen LogP contribution in [0.1, 0.15) is 30.8 Å². The molecule has 1 saturated carbocycles. The van der Waals surface area contributed by atoms with Crippen LogP contribution >= 0.6 is 0 Å². The molecule has 2 unspecified atom stereocenters. The number of nitrogens with zero attached hydrogens (tertiary/aromatic N) is 7. The lowest BCUT2D eigenvalue weighted by Gasteiger charge is -2.16. The summed E-state index contributed by atoms with van der Waals surface area (Å²) >= 11 is 0. The summed E-state index contributed by atoms with van der Waals surface area (Å²) < 4.78 is 3.79. The highest BCUT2D eigenvalue weighted by molar-refractivity contribution is 5.46. The Morgan fingerprint density at radius 2 is 1.85 bits per heavy atom. The minimum Gasteiger partial charge on any atom is -0.352 e. The Balaban J connectivity index is 1.38. The fourth-order valence-electron chi connectivity index (χ4n) is 3.41. The standard InChI is InChI=1S/C20H21N7/c1-14-12-17(14)20-22-21-18-8-9-19(24-27(18)20)25(2)13-15-10-11-26(23-15)16-6-4-3-5-7-16/h3-11,14,17H,12-13H2,1-2H3. The predicted molar refractivity (Wildman–Crippen MR) is 103 cm³/mol. The van der Waals surface area contributed by atoms with Crippen molar-refractivity contribution in [2.24, 2.45) is 5.92 Å². The fourth-order valence-corrected chi connectivity index (χ4v) is 3.41. The normalized spacial score (nSPS) is 18.7. The Bertz CT molecular complexity index is 1080. The molecule has 1 aliphatic carbocycles. The van der Waals surface area contributed by atoms with Crippen LogP contribution in [0, 0.1) is 5.92 Å². The third-order valence-electron chi connectivity index (χ3n) is 5.17. The number of hydrogen-bond acceptors (Lipinski definition) is 5. The summed E-state index contributed by atoms with van der Waals surface area (Å²) in [6, 6.07) is 16.1. The second-order valence-electron chi connectivity index (χ2n) is 7.28. The summed E-state index contributed by atoms with van der Waals surface area (Å²) in [5, 5.41) is 18.1. The second kappa shape index (κ2) is 6.19. The van der Waals surface area contributed by atoms with Crippen LogP contribution in [0.3, 0.4) is 0 Å². The maximum atomic E-state index is 4.77. The summed E-state index contributed by atoms with van der Waals surface area (Å²) in [6.45, 7) is 2.92. The van der Waals surface area contributed by atoms with Crippen molar-refractivity contribution in [3.05, 3.63) is 66.2 Å². The number of para-hydroxylation sites is 1. The summed E-state index contributed by atoms with van der Waals surface area (Å²) in [7, 11) is 2.03. The van der Waals surface area contributed by atoms with Crippen molar-refractivity contribution in [3.8, 4) is 5.69 Å². The molecule has 7 nitrogen and oxygen atoms in total. The van der Waals surface area contributed by atoms with Crippen molar-refractivity contribution in [3.63, 3.8) is 0 Å². The maximum Gasteiger partial charge on any atom is 0.178 e. The van der Waals surface area contributed by atoms with Gasteiger partial charge in [-0.25, -0.2) is 4.68 Å². The topological polar surface area (TPSA) is 64.1 Å². The van der Waals surface area contributed by atoms with Crippen molar-refractivity contribution in [2.45, 2.75) is 25.8 Å². The van der Waals surface area contributed by atoms with Crippen molar-refractivity contribution in [1.29, 1.82) is 0 Å². The van der Waals surface area contributed by atoms with Crippen LogP contribution in [0.5, 0.6) is 0 Å². The molecule has 1 aromatic carbocycles. The van der Waals surface area contributed by atoms with E-state index in [0.717, 1.165) is 28.7 Å². The van der Waals surface area contributed by atoms with Gasteiger partial charge in [0.1, 0.15) is 5.82 Å². The molecule has 7 heteroatoms. The largest absolute Gasteiger partial charge is 0.352 e. The molecule has 0 spiro atoms. The van der Waals surface area contributed by atoms with E-state index in [1.54, 1.807) is 0 Å². The highest BCUT2D eigenvalue weighted by atomic mass is 15.4. The highest BCUT2D eigenvalue weighted by Crippen LogP contribution is 2.45. The molecular weight excluding hydrogens is 338 g/mol. The van der Waals surface area contributed by atoms with E-state index < -0.39 is 0 Å². The fraction of sp³-hybridized carbons (Fsp3) is 0.300. The highest BCUT2D eigenvalue weighted by Gasteiger charge is 2.38. The number of aromatic nitrogens is 6. The monoisotopic (exact) mass is 359 g/mol. The van der Waals surface area contributed by atoms with Crippen molar-refractivity contribution >= 4 is 11.5 Å². The Kier molecular flexibility index (Phi) is 3.67. The molecule has 3 heterocycles. The molecule has 0 amide bonds. The van der Waals surface area contributed by atoms with E-state index in [1.807, 2.05) is 71.0 Å². The van der Waals surface area contributed by atoms with E-state index in [-0.39, 0.29) is 0 Å². The lowest BCUT2D eigenvalue weighted by atomic mass is 10.3. The minimum atomic E-state index is 0.481. The molecule has 4 aromatic rings. The third kappa shape index (κ3) is 2.95. The lowest BCUT2D eigenvalue weighted by Crippen LogP contribution is -2.19. The van der Waals surface area contributed by atoms with Crippen LogP contribution in [-0.2, 0) is 6.54 Å². The van der Waals surface area contributed by atoms with Gasteiger partial charge in [0.25, 0.3) is 0 Å². The first-order valence-electron chi connectivity index (χ1n) is 9.22. The molecular formula is C20H21N7. The zero-order chi connectivity index (χ0) is 18.4. The molecule has 136 valence electrons. The van der Waals surface area contributed by atoms with E-state index in [1.165, 1.54) is 6.42 Å². The van der Waals surface area contributed by atoms with Crippen molar-refractivity contribution < 1.29 is 0 Å². The van der Waals surface area contributed by atoms with Gasteiger partial charge in [-0.05, 0) is 42.7 Å². The average Bonchev–Trinajstić information content (AvgIpc) is 3.10. The quantitative estimate of drug-likeness (QED) is 0.548. The molecule has 0 N–H and O–H groups in total. The summed E-state index contributed by atoms with van der Waals surface area (Å²) in [5.74, 6) is 3.00. The summed E-state index contributed by atoms with van der Waals surface area (Å²) in [5.41, 5.74) is 2.84. The minimum absolute atomic E-state index is 0.481. The second-order valence-corrected chi connectivity index (χ2v) is 7.28. The van der Waals surface area contributed by atoms with Crippen LogP contribution in [-0.4, -0.2) is 36.6 Å². The van der Waals surface area contributed by atoms with Crippen LogP contribution in [0.2, 0.25) is 0 Å². The van der Waals surface area contributed by atoms with Crippen LogP contribution < -0.4 is 4.90 Å². The van der Waals surface area contributed by atoms with Crippen molar-refractivity contribution in [1.82, 2.24) is 29.6 Å². The van der Waals surface area contributed by atoms with E-state index >= 15 is 0 Å². The van der Waals surface area contributed by atoms with Gasteiger partial charge in [-0.1, -0.05) is 25.1 Å². The Morgan fingerprint density at radius 3 is 2.63 bits per heavy atom. The van der Waals surface area contributed by atoms with Crippen molar-refractivity contribution in [2.75, 3.05) is 11.9 Å². The molecule has 1 aliphatic rings. The molecule has 0 saturated heterocycles. The van der Waals surface area contributed by atoms with E-state index in [0.29, 0.717) is 18.4 Å². The van der Waals surface area contributed by atoms with Gasteiger partial charge in [0.2, 0.25) is 0 Å². The molecule has 2 atom stereocenters. The van der Waals surface area contributed by atoms with Gasteiger partial charge in [-0.2, -0.15) is 9.61 Å². The average molecular weight is 359 g/mol. The number of hydrogen-bond donors (Lipinski definition) is 0. The number of rotatable bonds is 5. The first-order valence-corrected chi connectivity index (χ1v) is 9.22. The van der Waals surface area contributed by atoms with E-state index in [9.17, 15) is 0 Å².